The van der Waals surface area contributed by atoms with Crippen molar-refractivity contribution in [3.8, 4) is 5.75 Å². The Bertz CT molecular complexity index is 390. The summed E-state index contributed by atoms with van der Waals surface area (Å²) in [6.07, 6.45) is 0.786. The van der Waals surface area contributed by atoms with Crippen LogP contribution in [0.2, 0.25) is 0 Å². The highest BCUT2D eigenvalue weighted by Crippen LogP contribution is 2.39. The number of rotatable bonds is 4. The van der Waals surface area contributed by atoms with E-state index in [1.807, 2.05) is 13.8 Å². The van der Waals surface area contributed by atoms with Gasteiger partial charge >= 0.3 is 0 Å². The zero-order valence-corrected chi connectivity index (χ0v) is 8.60. The van der Waals surface area contributed by atoms with Gasteiger partial charge in [0, 0.05) is 11.6 Å². The lowest BCUT2D eigenvalue weighted by molar-refractivity contribution is 0.463. The van der Waals surface area contributed by atoms with E-state index < -0.39 is 0 Å². The fourth-order valence-corrected chi connectivity index (χ4v) is 1.34. The molecule has 1 unspecified atom stereocenters. The maximum atomic E-state index is 10.4. The second kappa shape index (κ2) is 4.63. The van der Waals surface area contributed by atoms with Crippen LogP contribution in [0.5, 0.6) is 5.75 Å². The minimum absolute atomic E-state index is 0.0483. The summed E-state index contributed by atoms with van der Waals surface area (Å²) in [5, 5.41) is 15.1. The Hall–Kier alpha value is -1.78. The van der Waals surface area contributed by atoms with E-state index >= 15 is 0 Å². The van der Waals surface area contributed by atoms with Crippen molar-refractivity contribution in [1.29, 1.82) is 0 Å². The van der Waals surface area contributed by atoms with Crippen LogP contribution in [0.25, 0.3) is 0 Å². The van der Waals surface area contributed by atoms with Gasteiger partial charge in [0.05, 0.1) is 0 Å². The minimum Gasteiger partial charge on any atom is -0.505 e. The molecular weight excluding hydrogens is 196 g/mol. The van der Waals surface area contributed by atoms with Crippen molar-refractivity contribution in [1.82, 2.24) is 0 Å². The van der Waals surface area contributed by atoms with E-state index in [4.69, 9.17) is 0 Å². The molecule has 0 saturated heterocycles. The number of hydrogen-bond donors (Lipinski definition) is 1. The van der Waals surface area contributed by atoms with Crippen molar-refractivity contribution in [3.05, 3.63) is 27.5 Å². The van der Waals surface area contributed by atoms with Gasteiger partial charge in [0.25, 0.3) is 0 Å². The zero-order valence-electron chi connectivity index (χ0n) is 8.60. The summed E-state index contributed by atoms with van der Waals surface area (Å²) < 4.78 is 0. The summed E-state index contributed by atoms with van der Waals surface area (Å²) in [6, 6.07) is 2.65. The van der Waals surface area contributed by atoms with Gasteiger partial charge in [-0.05, 0) is 28.8 Å². The number of nitroso groups, excluding NO2 is 2. The van der Waals surface area contributed by atoms with Crippen molar-refractivity contribution >= 4 is 11.4 Å². The molecule has 0 aliphatic heterocycles. The van der Waals surface area contributed by atoms with Crippen LogP contribution < -0.4 is 0 Å². The molecule has 15 heavy (non-hydrogen) atoms. The van der Waals surface area contributed by atoms with Crippen molar-refractivity contribution < 1.29 is 5.11 Å². The van der Waals surface area contributed by atoms with E-state index in [9.17, 15) is 14.9 Å². The standard InChI is InChI=1S/C10H12N2O3/c1-3-6(2)8-4-7(11-14)5-9(12-15)10(8)13/h4-6,13H,3H2,1-2H3. The number of hydrogen-bond acceptors (Lipinski definition) is 5. The smallest absolute Gasteiger partial charge is 0.152 e. The molecule has 0 aromatic heterocycles. The second-order valence-electron chi connectivity index (χ2n) is 3.39. The van der Waals surface area contributed by atoms with Gasteiger partial charge in [0.2, 0.25) is 0 Å². The predicted octanol–water partition coefficient (Wildman–Crippen LogP) is 3.70. The lowest BCUT2D eigenvalue weighted by Gasteiger charge is -2.11. The third-order valence-corrected chi connectivity index (χ3v) is 2.45. The molecule has 1 aromatic carbocycles. The molecule has 1 atom stereocenters. The molecule has 0 saturated carbocycles. The number of aromatic hydroxyl groups is 1. The normalized spacial score (nSPS) is 12.1. The molecule has 0 aliphatic rings. The molecule has 5 nitrogen and oxygen atoms in total. The van der Waals surface area contributed by atoms with Gasteiger partial charge in [-0.3, -0.25) is 0 Å². The SMILES string of the molecule is CCC(C)c1cc(N=O)cc(N=O)c1O. The van der Waals surface area contributed by atoms with Gasteiger partial charge in [-0.25, -0.2) is 0 Å². The van der Waals surface area contributed by atoms with Crippen LogP contribution in [0.1, 0.15) is 31.7 Å². The molecule has 1 N–H and O–H groups in total. The number of phenols is 1. The zero-order chi connectivity index (χ0) is 11.4. The lowest BCUT2D eigenvalue weighted by atomic mass is 9.96. The number of nitrogens with zero attached hydrogens (tertiary/aromatic N) is 2. The predicted molar refractivity (Wildman–Crippen MR) is 57.7 cm³/mol. The average Bonchev–Trinajstić information content (AvgIpc) is 2.28. The van der Waals surface area contributed by atoms with Crippen molar-refractivity contribution in [2.75, 3.05) is 0 Å². The molecular formula is C10H12N2O3. The van der Waals surface area contributed by atoms with E-state index in [0.717, 1.165) is 6.42 Å². The Morgan fingerprint density at radius 3 is 2.47 bits per heavy atom. The summed E-state index contributed by atoms with van der Waals surface area (Å²) in [4.78, 5) is 20.8. The molecule has 0 aliphatic carbocycles. The van der Waals surface area contributed by atoms with E-state index in [-0.39, 0.29) is 23.0 Å². The van der Waals surface area contributed by atoms with Crippen molar-refractivity contribution in [3.63, 3.8) is 0 Å². The van der Waals surface area contributed by atoms with Crippen LogP contribution in [0.15, 0.2) is 22.5 Å². The summed E-state index contributed by atoms with van der Waals surface area (Å²) in [5.74, 6) is -0.112. The van der Waals surface area contributed by atoms with Gasteiger partial charge in [0.15, 0.2) is 5.69 Å². The van der Waals surface area contributed by atoms with Gasteiger partial charge in [-0.15, -0.1) is 9.81 Å². The minimum atomic E-state index is -0.160. The Labute approximate surface area is 87.1 Å². The summed E-state index contributed by atoms with van der Waals surface area (Å²) in [7, 11) is 0. The third kappa shape index (κ3) is 2.18. The molecule has 5 heteroatoms. The quantitative estimate of drug-likeness (QED) is 0.766. The van der Waals surface area contributed by atoms with Gasteiger partial charge in [-0.2, -0.15) is 0 Å². The first kappa shape index (κ1) is 11.3. The molecule has 1 aromatic rings. The highest BCUT2D eigenvalue weighted by atomic mass is 16.3. The molecule has 0 radical (unpaired) electrons. The molecule has 0 heterocycles. The van der Waals surface area contributed by atoms with Crippen LogP contribution in [-0.2, 0) is 0 Å². The van der Waals surface area contributed by atoms with Crippen LogP contribution in [0, 0.1) is 9.81 Å². The first-order valence-corrected chi connectivity index (χ1v) is 4.67. The van der Waals surface area contributed by atoms with Crippen LogP contribution in [0.4, 0.5) is 11.4 Å². The Kier molecular flexibility index (Phi) is 3.49. The third-order valence-electron chi connectivity index (χ3n) is 2.45. The summed E-state index contributed by atoms with van der Waals surface area (Å²) in [5.41, 5.74) is 0.504. The molecule has 0 amide bonds. The summed E-state index contributed by atoms with van der Waals surface area (Å²) >= 11 is 0. The highest BCUT2D eigenvalue weighted by molar-refractivity contribution is 5.63. The largest absolute Gasteiger partial charge is 0.505 e. The van der Waals surface area contributed by atoms with E-state index in [1.165, 1.54) is 12.1 Å². The molecule has 0 spiro atoms. The molecule has 0 fully saturated rings. The summed E-state index contributed by atoms with van der Waals surface area (Å²) in [6.45, 7) is 3.83. The molecule has 80 valence electrons. The molecule has 1 rings (SSSR count). The van der Waals surface area contributed by atoms with E-state index in [2.05, 4.69) is 10.4 Å². The van der Waals surface area contributed by atoms with Crippen molar-refractivity contribution in [2.24, 2.45) is 10.4 Å². The first-order valence-electron chi connectivity index (χ1n) is 4.67. The maximum Gasteiger partial charge on any atom is 0.152 e. The number of phenolic OH excluding ortho intramolecular Hbond substituents is 1. The van der Waals surface area contributed by atoms with Gasteiger partial charge in [-0.1, -0.05) is 13.8 Å². The average molecular weight is 208 g/mol. The fraction of sp³-hybridized carbons (Fsp3) is 0.400. The van der Waals surface area contributed by atoms with Crippen molar-refractivity contribution in [2.45, 2.75) is 26.2 Å². The van der Waals surface area contributed by atoms with Gasteiger partial charge in [0.1, 0.15) is 11.4 Å². The number of benzene rings is 1. The van der Waals surface area contributed by atoms with Crippen LogP contribution in [-0.4, -0.2) is 5.11 Å². The van der Waals surface area contributed by atoms with E-state index in [1.54, 1.807) is 0 Å². The highest BCUT2D eigenvalue weighted by Gasteiger charge is 2.15. The Morgan fingerprint density at radius 1 is 1.33 bits per heavy atom. The van der Waals surface area contributed by atoms with E-state index in [0.29, 0.717) is 5.56 Å². The van der Waals surface area contributed by atoms with Crippen LogP contribution in [0.3, 0.4) is 0 Å². The maximum absolute atomic E-state index is 10.4. The molecule has 0 bridgehead atoms. The Balaban J connectivity index is 3.35. The fourth-order valence-electron chi connectivity index (χ4n) is 1.34. The second-order valence-corrected chi connectivity index (χ2v) is 3.39. The topological polar surface area (TPSA) is 79.1 Å². The first-order chi connectivity index (χ1) is 7.13. The lowest BCUT2D eigenvalue weighted by Crippen LogP contribution is -1.91. The van der Waals surface area contributed by atoms with Gasteiger partial charge < -0.3 is 5.11 Å². The monoisotopic (exact) mass is 208 g/mol. The van der Waals surface area contributed by atoms with Crippen LogP contribution >= 0.6 is 0 Å². The Morgan fingerprint density at radius 2 is 2.00 bits per heavy atom.